The SMILES string of the molecule is CCOC(=O)/C=C/[C@@H]1CCCNC1.Cl. The average Bonchev–Trinajstić information content (AvgIpc) is 2.17. The molecule has 0 spiro atoms. The van der Waals surface area contributed by atoms with Crippen molar-refractivity contribution in [1.82, 2.24) is 5.32 Å². The van der Waals surface area contributed by atoms with Crippen LogP contribution in [-0.4, -0.2) is 25.7 Å². The molecule has 1 atom stereocenters. The highest BCUT2D eigenvalue weighted by molar-refractivity contribution is 5.85. The van der Waals surface area contributed by atoms with E-state index in [1.54, 1.807) is 6.08 Å². The Hall–Kier alpha value is -0.540. The summed E-state index contributed by atoms with van der Waals surface area (Å²) >= 11 is 0. The quantitative estimate of drug-likeness (QED) is 0.578. The van der Waals surface area contributed by atoms with Gasteiger partial charge in [-0.05, 0) is 32.2 Å². The van der Waals surface area contributed by atoms with Gasteiger partial charge in [0.1, 0.15) is 0 Å². The van der Waals surface area contributed by atoms with Crippen LogP contribution in [-0.2, 0) is 9.53 Å². The highest BCUT2D eigenvalue weighted by Crippen LogP contribution is 2.10. The number of hydrogen-bond acceptors (Lipinski definition) is 3. The molecule has 1 fully saturated rings. The first-order valence-electron chi connectivity index (χ1n) is 4.88. The molecule has 1 N–H and O–H groups in total. The van der Waals surface area contributed by atoms with Gasteiger partial charge in [-0.2, -0.15) is 0 Å². The Bertz CT molecular complexity index is 189. The number of halogens is 1. The van der Waals surface area contributed by atoms with Gasteiger partial charge in [0, 0.05) is 12.6 Å². The number of carbonyl (C=O) groups is 1. The highest BCUT2D eigenvalue weighted by atomic mass is 35.5. The third kappa shape index (κ3) is 5.25. The van der Waals surface area contributed by atoms with Gasteiger partial charge < -0.3 is 10.1 Å². The van der Waals surface area contributed by atoms with Crippen LogP contribution in [0.15, 0.2) is 12.2 Å². The van der Waals surface area contributed by atoms with Gasteiger partial charge in [0.15, 0.2) is 0 Å². The minimum Gasteiger partial charge on any atom is -0.463 e. The number of esters is 1. The van der Waals surface area contributed by atoms with Crippen molar-refractivity contribution < 1.29 is 9.53 Å². The molecule has 0 radical (unpaired) electrons. The lowest BCUT2D eigenvalue weighted by atomic mass is 9.99. The smallest absolute Gasteiger partial charge is 0.330 e. The predicted octanol–water partition coefficient (Wildman–Crippen LogP) is 1.53. The zero-order chi connectivity index (χ0) is 9.52. The van der Waals surface area contributed by atoms with Crippen molar-refractivity contribution in [3.05, 3.63) is 12.2 Å². The number of ether oxygens (including phenoxy) is 1. The van der Waals surface area contributed by atoms with E-state index in [4.69, 9.17) is 4.74 Å². The van der Waals surface area contributed by atoms with Gasteiger partial charge in [-0.25, -0.2) is 4.79 Å². The van der Waals surface area contributed by atoms with Gasteiger partial charge in [-0.1, -0.05) is 6.08 Å². The van der Waals surface area contributed by atoms with Gasteiger partial charge >= 0.3 is 5.97 Å². The van der Waals surface area contributed by atoms with Gasteiger partial charge in [0.25, 0.3) is 0 Å². The first-order valence-corrected chi connectivity index (χ1v) is 4.88. The molecular formula is C10H18ClNO2. The van der Waals surface area contributed by atoms with E-state index in [9.17, 15) is 4.79 Å². The van der Waals surface area contributed by atoms with Crippen LogP contribution in [0.3, 0.4) is 0 Å². The Morgan fingerprint density at radius 2 is 2.43 bits per heavy atom. The Labute approximate surface area is 91.3 Å². The van der Waals surface area contributed by atoms with Crippen LogP contribution in [0.1, 0.15) is 19.8 Å². The molecule has 14 heavy (non-hydrogen) atoms. The van der Waals surface area contributed by atoms with Crippen LogP contribution in [0.25, 0.3) is 0 Å². The second kappa shape index (κ2) is 7.83. The summed E-state index contributed by atoms with van der Waals surface area (Å²) in [7, 11) is 0. The second-order valence-electron chi connectivity index (χ2n) is 3.22. The molecule has 4 heteroatoms. The molecule has 3 nitrogen and oxygen atoms in total. The molecule has 1 saturated heterocycles. The number of nitrogens with one attached hydrogen (secondary N) is 1. The minimum absolute atomic E-state index is 0. The van der Waals surface area contributed by atoms with Gasteiger partial charge in [0.2, 0.25) is 0 Å². The molecule has 1 aliphatic heterocycles. The molecule has 0 aromatic heterocycles. The summed E-state index contributed by atoms with van der Waals surface area (Å²) in [4.78, 5) is 11.0. The largest absolute Gasteiger partial charge is 0.463 e. The number of rotatable bonds is 3. The molecule has 0 aliphatic carbocycles. The fraction of sp³-hybridized carbons (Fsp3) is 0.700. The first-order chi connectivity index (χ1) is 6.33. The van der Waals surface area contributed by atoms with Crippen molar-refractivity contribution in [2.75, 3.05) is 19.7 Å². The van der Waals surface area contributed by atoms with Crippen molar-refractivity contribution in [2.45, 2.75) is 19.8 Å². The minimum atomic E-state index is -0.229. The molecule has 1 aliphatic rings. The van der Waals surface area contributed by atoms with Crippen molar-refractivity contribution in [3.63, 3.8) is 0 Å². The molecule has 0 unspecified atom stereocenters. The lowest BCUT2D eigenvalue weighted by molar-refractivity contribution is -0.137. The van der Waals surface area contributed by atoms with Crippen LogP contribution in [0.5, 0.6) is 0 Å². The van der Waals surface area contributed by atoms with Crippen molar-refractivity contribution >= 4 is 18.4 Å². The summed E-state index contributed by atoms with van der Waals surface area (Å²) in [6, 6.07) is 0. The van der Waals surface area contributed by atoms with E-state index in [1.165, 1.54) is 12.8 Å². The summed E-state index contributed by atoms with van der Waals surface area (Å²) in [6.45, 7) is 4.35. The summed E-state index contributed by atoms with van der Waals surface area (Å²) in [5.41, 5.74) is 0. The van der Waals surface area contributed by atoms with Crippen molar-refractivity contribution in [3.8, 4) is 0 Å². The lowest BCUT2D eigenvalue weighted by Gasteiger charge is -2.19. The standard InChI is InChI=1S/C10H17NO2.ClH/c1-2-13-10(12)6-5-9-4-3-7-11-8-9;/h5-6,9,11H,2-4,7-8H2,1H3;1H/b6-5+;/t9-;/m0./s1. The molecule has 0 aromatic carbocycles. The van der Waals surface area contributed by atoms with Crippen molar-refractivity contribution in [1.29, 1.82) is 0 Å². The molecule has 0 aromatic rings. The molecular weight excluding hydrogens is 202 g/mol. The molecule has 0 amide bonds. The number of hydrogen-bond donors (Lipinski definition) is 1. The maximum Gasteiger partial charge on any atom is 0.330 e. The van der Waals surface area contributed by atoms with Crippen LogP contribution >= 0.6 is 12.4 Å². The zero-order valence-electron chi connectivity index (χ0n) is 8.49. The van der Waals surface area contributed by atoms with E-state index in [0.29, 0.717) is 12.5 Å². The van der Waals surface area contributed by atoms with Crippen LogP contribution in [0.2, 0.25) is 0 Å². The average molecular weight is 220 g/mol. The van der Waals surface area contributed by atoms with Crippen molar-refractivity contribution in [2.24, 2.45) is 5.92 Å². The normalized spacial score (nSPS) is 21.6. The fourth-order valence-corrected chi connectivity index (χ4v) is 1.45. The van der Waals surface area contributed by atoms with E-state index in [1.807, 2.05) is 13.0 Å². The Balaban J connectivity index is 0.00000169. The lowest BCUT2D eigenvalue weighted by Crippen LogP contribution is -2.28. The van der Waals surface area contributed by atoms with E-state index < -0.39 is 0 Å². The Morgan fingerprint density at radius 3 is 3.00 bits per heavy atom. The monoisotopic (exact) mass is 219 g/mol. The molecule has 1 rings (SSSR count). The van der Waals surface area contributed by atoms with E-state index in [-0.39, 0.29) is 18.4 Å². The molecule has 0 saturated carbocycles. The van der Waals surface area contributed by atoms with E-state index in [0.717, 1.165) is 13.1 Å². The summed E-state index contributed by atoms with van der Waals surface area (Å²) < 4.78 is 4.79. The zero-order valence-corrected chi connectivity index (χ0v) is 9.31. The van der Waals surface area contributed by atoms with Crippen LogP contribution < -0.4 is 5.32 Å². The fourth-order valence-electron chi connectivity index (χ4n) is 1.45. The maximum absolute atomic E-state index is 11.0. The third-order valence-electron chi connectivity index (χ3n) is 2.13. The molecule has 0 bridgehead atoms. The summed E-state index contributed by atoms with van der Waals surface area (Å²) in [5.74, 6) is 0.270. The molecule has 82 valence electrons. The van der Waals surface area contributed by atoms with E-state index >= 15 is 0 Å². The highest BCUT2D eigenvalue weighted by Gasteiger charge is 2.09. The second-order valence-corrected chi connectivity index (χ2v) is 3.22. The van der Waals surface area contributed by atoms with Gasteiger partial charge in [-0.3, -0.25) is 0 Å². The Kier molecular flexibility index (Phi) is 7.52. The molecule has 1 heterocycles. The predicted molar refractivity (Wildman–Crippen MR) is 58.6 cm³/mol. The van der Waals surface area contributed by atoms with Crippen LogP contribution in [0, 0.1) is 5.92 Å². The third-order valence-corrected chi connectivity index (χ3v) is 2.13. The van der Waals surface area contributed by atoms with Gasteiger partial charge in [0.05, 0.1) is 6.61 Å². The topological polar surface area (TPSA) is 38.3 Å². The van der Waals surface area contributed by atoms with Crippen LogP contribution in [0.4, 0.5) is 0 Å². The Morgan fingerprint density at radius 1 is 1.64 bits per heavy atom. The van der Waals surface area contributed by atoms with Gasteiger partial charge in [-0.15, -0.1) is 12.4 Å². The first kappa shape index (κ1) is 13.5. The summed E-state index contributed by atoms with van der Waals surface area (Å²) in [5, 5.41) is 3.29. The number of piperidine rings is 1. The number of carbonyl (C=O) groups excluding carboxylic acids is 1. The summed E-state index contributed by atoms with van der Waals surface area (Å²) in [6.07, 6.45) is 5.85. The van der Waals surface area contributed by atoms with E-state index in [2.05, 4.69) is 5.32 Å². The maximum atomic E-state index is 11.0.